The molecular formula is C14H17NO. The fraction of sp³-hybridized carbons (Fsp3) is 0.286. The molecule has 84 valence electrons. The normalized spacial score (nSPS) is 12.6. The van der Waals surface area contributed by atoms with Crippen LogP contribution in [-0.2, 0) is 12.8 Å². The summed E-state index contributed by atoms with van der Waals surface area (Å²) in [7, 11) is 0. The van der Waals surface area contributed by atoms with Gasteiger partial charge in [0.25, 0.3) is 0 Å². The molecule has 0 saturated heterocycles. The van der Waals surface area contributed by atoms with Crippen molar-refractivity contribution in [1.82, 2.24) is 0 Å². The molecule has 1 aromatic carbocycles. The van der Waals surface area contributed by atoms with Gasteiger partial charge in [-0.05, 0) is 30.5 Å². The summed E-state index contributed by atoms with van der Waals surface area (Å²) in [6.45, 7) is 0. The second kappa shape index (κ2) is 5.52. The van der Waals surface area contributed by atoms with Crippen LogP contribution in [0.2, 0.25) is 0 Å². The summed E-state index contributed by atoms with van der Waals surface area (Å²) >= 11 is 0. The standard InChI is InChI=1S/C14H17NO/c15-13(11-14-7-4-10-16-14)9-8-12-5-2-1-3-6-12/h1-7,10,13H,8-9,11,15H2. The minimum absolute atomic E-state index is 0.173. The van der Waals surface area contributed by atoms with E-state index in [2.05, 4.69) is 24.3 Å². The van der Waals surface area contributed by atoms with Gasteiger partial charge in [0.2, 0.25) is 0 Å². The number of furan rings is 1. The van der Waals surface area contributed by atoms with Crippen LogP contribution >= 0.6 is 0 Å². The Kier molecular flexibility index (Phi) is 3.78. The molecule has 2 nitrogen and oxygen atoms in total. The maximum Gasteiger partial charge on any atom is 0.105 e. The third-order valence-corrected chi connectivity index (χ3v) is 2.69. The molecule has 2 rings (SSSR count). The van der Waals surface area contributed by atoms with E-state index in [1.807, 2.05) is 18.2 Å². The van der Waals surface area contributed by atoms with Crippen molar-refractivity contribution in [2.24, 2.45) is 5.73 Å². The first-order chi connectivity index (χ1) is 7.84. The van der Waals surface area contributed by atoms with Gasteiger partial charge in [0.15, 0.2) is 0 Å². The first-order valence-corrected chi connectivity index (χ1v) is 5.66. The summed E-state index contributed by atoms with van der Waals surface area (Å²) in [6, 6.07) is 14.5. The largest absolute Gasteiger partial charge is 0.469 e. The zero-order chi connectivity index (χ0) is 11.2. The fourth-order valence-electron chi connectivity index (χ4n) is 1.79. The van der Waals surface area contributed by atoms with E-state index < -0.39 is 0 Å². The Morgan fingerprint density at radius 1 is 1.06 bits per heavy atom. The Labute approximate surface area is 96.1 Å². The predicted octanol–water partition coefficient (Wildman–Crippen LogP) is 2.78. The molecule has 2 heteroatoms. The van der Waals surface area contributed by atoms with E-state index in [9.17, 15) is 0 Å². The molecule has 16 heavy (non-hydrogen) atoms. The molecule has 0 bridgehead atoms. The van der Waals surface area contributed by atoms with Crippen LogP contribution in [0.25, 0.3) is 0 Å². The topological polar surface area (TPSA) is 39.2 Å². The molecule has 2 N–H and O–H groups in total. The first-order valence-electron chi connectivity index (χ1n) is 5.66. The molecule has 0 radical (unpaired) electrons. The van der Waals surface area contributed by atoms with Crippen molar-refractivity contribution in [3.63, 3.8) is 0 Å². The van der Waals surface area contributed by atoms with Gasteiger partial charge in [-0.1, -0.05) is 30.3 Å². The monoisotopic (exact) mass is 215 g/mol. The highest BCUT2D eigenvalue weighted by Crippen LogP contribution is 2.08. The van der Waals surface area contributed by atoms with Crippen molar-refractivity contribution < 1.29 is 4.42 Å². The quantitative estimate of drug-likeness (QED) is 0.833. The van der Waals surface area contributed by atoms with Crippen LogP contribution < -0.4 is 5.73 Å². The number of nitrogens with two attached hydrogens (primary N) is 1. The van der Waals surface area contributed by atoms with E-state index in [4.69, 9.17) is 10.2 Å². The number of benzene rings is 1. The number of aryl methyl sites for hydroxylation is 1. The van der Waals surface area contributed by atoms with Crippen LogP contribution in [-0.4, -0.2) is 6.04 Å². The Morgan fingerprint density at radius 3 is 2.56 bits per heavy atom. The molecule has 0 aliphatic rings. The van der Waals surface area contributed by atoms with Crippen molar-refractivity contribution in [3.05, 3.63) is 60.1 Å². The van der Waals surface area contributed by atoms with Crippen LogP contribution in [0.4, 0.5) is 0 Å². The van der Waals surface area contributed by atoms with Crippen LogP contribution in [0.3, 0.4) is 0 Å². The molecule has 0 aliphatic carbocycles. The van der Waals surface area contributed by atoms with Crippen LogP contribution in [0.1, 0.15) is 17.7 Å². The van der Waals surface area contributed by atoms with Crippen molar-refractivity contribution >= 4 is 0 Å². The summed E-state index contributed by atoms with van der Waals surface area (Å²) < 4.78 is 5.28. The fourth-order valence-corrected chi connectivity index (χ4v) is 1.79. The Balaban J connectivity index is 1.78. The number of hydrogen-bond acceptors (Lipinski definition) is 2. The average Bonchev–Trinajstić information content (AvgIpc) is 2.81. The summed E-state index contributed by atoms with van der Waals surface area (Å²) in [5.74, 6) is 0.973. The van der Waals surface area contributed by atoms with Gasteiger partial charge in [-0.3, -0.25) is 0 Å². The zero-order valence-electron chi connectivity index (χ0n) is 9.30. The van der Waals surface area contributed by atoms with Crippen LogP contribution in [0.5, 0.6) is 0 Å². The Bertz CT molecular complexity index is 394. The van der Waals surface area contributed by atoms with Crippen LogP contribution in [0.15, 0.2) is 53.1 Å². The lowest BCUT2D eigenvalue weighted by atomic mass is 10.0. The zero-order valence-corrected chi connectivity index (χ0v) is 9.30. The van der Waals surface area contributed by atoms with Gasteiger partial charge >= 0.3 is 0 Å². The Morgan fingerprint density at radius 2 is 1.88 bits per heavy atom. The van der Waals surface area contributed by atoms with E-state index in [1.54, 1.807) is 6.26 Å². The molecule has 0 amide bonds. The summed E-state index contributed by atoms with van der Waals surface area (Å²) in [6.07, 6.45) is 4.53. The third kappa shape index (κ3) is 3.24. The number of hydrogen-bond donors (Lipinski definition) is 1. The smallest absolute Gasteiger partial charge is 0.105 e. The molecule has 0 saturated carbocycles. The van der Waals surface area contributed by atoms with E-state index in [0.29, 0.717) is 0 Å². The summed E-state index contributed by atoms with van der Waals surface area (Å²) in [5.41, 5.74) is 7.40. The molecule has 1 unspecified atom stereocenters. The molecule has 1 atom stereocenters. The lowest BCUT2D eigenvalue weighted by Gasteiger charge is -2.09. The van der Waals surface area contributed by atoms with Gasteiger partial charge in [-0.25, -0.2) is 0 Å². The van der Waals surface area contributed by atoms with Crippen molar-refractivity contribution in [1.29, 1.82) is 0 Å². The van der Waals surface area contributed by atoms with Gasteiger partial charge in [-0.2, -0.15) is 0 Å². The SMILES string of the molecule is NC(CCc1ccccc1)Cc1ccco1. The number of rotatable bonds is 5. The summed E-state index contributed by atoms with van der Waals surface area (Å²) in [5, 5.41) is 0. The lowest BCUT2D eigenvalue weighted by Crippen LogP contribution is -2.23. The van der Waals surface area contributed by atoms with E-state index in [1.165, 1.54) is 5.56 Å². The molecule has 1 heterocycles. The van der Waals surface area contributed by atoms with Gasteiger partial charge < -0.3 is 10.2 Å². The van der Waals surface area contributed by atoms with Crippen molar-refractivity contribution in [3.8, 4) is 0 Å². The molecule has 0 fully saturated rings. The molecule has 0 spiro atoms. The maximum absolute atomic E-state index is 6.05. The summed E-state index contributed by atoms with van der Waals surface area (Å²) in [4.78, 5) is 0. The Hall–Kier alpha value is -1.54. The highest BCUT2D eigenvalue weighted by molar-refractivity contribution is 5.14. The van der Waals surface area contributed by atoms with E-state index >= 15 is 0 Å². The van der Waals surface area contributed by atoms with Crippen molar-refractivity contribution in [2.75, 3.05) is 0 Å². The van der Waals surface area contributed by atoms with E-state index in [0.717, 1.165) is 25.0 Å². The van der Waals surface area contributed by atoms with Gasteiger partial charge in [0, 0.05) is 12.5 Å². The minimum atomic E-state index is 0.173. The van der Waals surface area contributed by atoms with Gasteiger partial charge in [-0.15, -0.1) is 0 Å². The molecular weight excluding hydrogens is 198 g/mol. The predicted molar refractivity (Wildman–Crippen MR) is 65.2 cm³/mol. The maximum atomic E-state index is 6.05. The van der Waals surface area contributed by atoms with Gasteiger partial charge in [0.05, 0.1) is 6.26 Å². The molecule has 0 aliphatic heterocycles. The first kappa shape index (κ1) is 11.0. The highest BCUT2D eigenvalue weighted by Gasteiger charge is 2.06. The van der Waals surface area contributed by atoms with Crippen molar-refractivity contribution in [2.45, 2.75) is 25.3 Å². The minimum Gasteiger partial charge on any atom is -0.469 e. The molecule has 1 aromatic heterocycles. The van der Waals surface area contributed by atoms with Gasteiger partial charge in [0.1, 0.15) is 5.76 Å². The average molecular weight is 215 g/mol. The second-order valence-corrected chi connectivity index (χ2v) is 4.07. The lowest BCUT2D eigenvalue weighted by molar-refractivity contribution is 0.474. The second-order valence-electron chi connectivity index (χ2n) is 4.07. The third-order valence-electron chi connectivity index (χ3n) is 2.69. The van der Waals surface area contributed by atoms with E-state index in [-0.39, 0.29) is 6.04 Å². The highest BCUT2D eigenvalue weighted by atomic mass is 16.3. The molecule has 2 aromatic rings. The van der Waals surface area contributed by atoms with Crippen LogP contribution in [0, 0.1) is 0 Å².